The molecule has 3 nitrogen and oxygen atoms in total. The highest BCUT2D eigenvalue weighted by molar-refractivity contribution is 8.04. The van der Waals surface area contributed by atoms with Crippen molar-refractivity contribution in [1.29, 1.82) is 0 Å². The molecule has 32 heavy (non-hydrogen) atoms. The van der Waals surface area contributed by atoms with Gasteiger partial charge in [-0.2, -0.15) is 17.2 Å². The molecule has 0 spiro atoms. The van der Waals surface area contributed by atoms with E-state index >= 15 is 0 Å². The summed E-state index contributed by atoms with van der Waals surface area (Å²) in [5.74, 6) is 0.0496. The Morgan fingerprint density at radius 2 is 1.97 bits per heavy atom. The predicted molar refractivity (Wildman–Crippen MR) is 141 cm³/mol. The number of hydrogen-bond donors (Lipinski definition) is 2. The lowest BCUT2D eigenvalue weighted by Gasteiger charge is -2.40. The average molecular weight is 484 g/mol. The summed E-state index contributed by atoms with van der Waals surface area (Å²) >= 11 is 8.66. The third-order valence-electron chi connectivity index (χ3n) is 6.54. The number of rotatable bonds is 6. The molecule has 3 aliphatic rings. The second-order valence-corrected chi connectivity index (χ2v) is 11.5. The number of benzene rings is 1. The van der Waals surface area contributed by atoms with Crippen molar-refractivity contribution in [2.24, 2.45) is 5.92 Å². The average Bonchev–Trinajstić information content (AvgIpc) is 3.34. The third kappa shape index (κ3) is 3.89. The summed E-state index contributed by atoms with van der Waals surface area (Å²) in [4.78, 5) is 2.51. The first kappa shape index (κ1) is 22.3. The maximum Gasteiger partial charge on any atom is 0.262 e. The van der Waals surface area contributed by atoms with Gasteiger partial charge in [0.25, 0.3) is 5.01 Å². The summed E-state index contributed by atoms with van der Waals surface area (Å²) in [6.45, 7) is 6.46. The van der Waals surface area contributed by atoms with E-state index in [1.54, 1.807) is 11.3 Å². The first-order valence-corrected chi connectivity index (χ1v) is 13.8. The van der Waals surface area contributed by atoms with E-state index in [0.717, 1.165) is 31.5 Å². The van der Waals surface area contributed by atoms with Crippen LogP contribution in [0.4, 0.5) is 0 Å². The summed E-state index contributed by atoms with van der Waals surface area (Å²) in [5.41, 5.74) is 2.31. The second-order valence-electron chi connectivity index (χ2n) is 8.71. The standard InChI is InChI=1S/C26H30N2OS3/c1-3-13-27-19-9-5-7-11-21(19)31-23(27)15-17-25(29)18(26(17)30)16-24-28(14-4-2)20-10-6-8-12-22(20)32-24/h5-12,15-17,19,21,25-26,29H,3-4,13-14H2,1-2H3/p+1/b18-16-,23-15+. The van der Waals surface area contributed by atoms with Crippen LogP contribution in [-0.4, -0.2) is 39.2 Å². The van der Waals surface area contributed by atoms with Gasteiger partial charge in [0.15, 0.2) is 0 Å². The van der Waals surface area contributed by atoms with Crippen molar-refractivity contribution in [2.75, 3.05) is 6.54 Å². The van der Waals surface area contributed by atoms with Crippen LogP contribution in [0.15, 0.2) is 65.2 Å². The molecule has 1 N–H and O–H groups in total. The maximum absolute atomic E-state index is 11.1. The van der Waals surface area contributed by atoms with Crippen LogP contribution < -0.4 is 4.57 Å². The first-order valence-electron chi connectivity index (χ1n) is 11.6. The fourth-order valence-corrected chi connectivity index (χ4v) is 7.94. The molecular weight excluding hydrogens is 453 g/mol. The maximum atomic E-state index is 11.1. The van der Waals surface area contributed by atoms with Gasteiger partial charge in [-0.1, -0.05) is 73.4 Å². The van der Waals surface area contributed by atoms with E-state index < -0.39 is 6.10 Å². The molecule has 1 aromatic carbocycles. The monoisotopic (exact) mass is 483 g/mol. The van der Waals surface area contributed by atoms with Crippen LogP contribution in [-0.2, 0) is 6.54 Å². The smallest absolute Gasteiger partial charge is 0.262 e. The Labute approximate surface area is 204 Å². The first-order chi connectivity index (χ1) is 15.6. The van der Waals surface area contributed by atoms with Crippen molar-refractivity contribution in [3.63, 3.8) is 0 Å². The Morgan fingerprint density at radius 1 is 1.16 bits per heavy atom. The summed E-state index contributed by atoms with van der Waals surface area (Å²) in [6.07, 6.45) is 15.1. The molecule has 1 aromatic heterocycles. The van der Waals surface area contributed by atoms with E-state index in [1.807, 2.05) is 11.8 Å². The van der Waals surface area contributed by atoms with Gasteiger partial charge in [0.05, 0.1) is 22.4 Å². The van der Waals surface area contributed by atoms with Crippen LogP contribution in [0.25, 0.3) is 16.3 Å². The van der Waals surface area contributed by atoms with Gasteiger partial charge in [0.2, 0.25) is 5.52 Å². The lowest BCUT2D eigenvalue weighted by molar-refractivity contribution is -0.668. The zero-order chi connectivity index (χ0) is 22.2. The molecule has 5 unspecified atom stereocenters. The number of aryl methyl sites for hydroxylation is 1. The molecule has 5 atom stereocenters. The number of thiazole rings is 1. The van der Waals surface area contributed by atoms with Crippen LogP contribution in [0.2, 0.25) is 0 Å². The highest BCUT2D eigenvalue weighted by Crippen LogP contribution is 2.47. The SMILES string of the molecule is CCCN1/C(=C\C2C(O)/C(=C/c3sc4ccccc4[n+]3CCC)C2S)SC2C=CC=CC21. The van der Waals surface area contributed by atoms with Gasteiger partial charge >= 0.3 is 0 Å². The normalized spacial score (nSPS) is 31.6. The number of nitrogens with zero attached hydrogens (tertiary/aromatic N) is 2. The van der Waals surface area contributed by atoms with Gasteiger partial charge < -0.3 is 10.0 Å². The molecule has 0 bridgehead atoms. The van der Waals surface area contributed by atoms with Gasteiger partial charge in [-0.3, -0.25) is 0 Å². The second kappa shape index (κ2) is 9.41. The number of thiol groups is 1. The van der Waals surface area contributed by atoms with Crippen molar-refractivity contribution >= 4 is 52.0 Å². The minimum absolute atomic E-state index is 0.0496. The van der Waals surface area contributed by atoms with Crippen molar-refractivity contribution in [2.45, 2.75) is 55.9 Å². The Morgan fingerprint density at radius 3 is 2.75 bits per heavy atom. The molecule has 0 amide bonds. The van der Waals surface area contributed by atoms with Crippen molar-refractivity contribution in [3.8, 4) is 0 Å². The quantitative estimate of drug-likeness (QED) is 0.424. The third-order valence-corrected chi connectivity index (χ3v) is 9.62. The number of hydrogen-bond acceptors (Lipinski definition) is 5. The molecule has 2 heterocycles. The Kier molecular flexibility index (Phi) is 6.57. The molecule has 2 aliphatic carbocycles. The Bertz CT molecular complexity index is 1100. The molecule has 1 saturated carbocycles. The van der Waals surface area contributed by atoms with Crippen molar-refractivity contribution in [1.82, 2.24) is 4.90 Å². The largest absolute Gasteiger partial charge is 0.388 e. The minimum atomic E-state index is -0.469. The molecule has 2 aromatic rings. The number of aliphatic hydroxyl groups is 1. The molecule has 2 fully saturated rings. The molecule has 0 radical (unpaired) electrons. The van der Waals surface area contributed by atoms with E-state index in [4.69, 9.17) is 12.6 Å². The number of aliphatic hydroxyl groups excluding tert-OH is 1. The van der Waals surface area contributed by atoms with E-state index in [0.29, 0.717) is 11.3 Å². The summed E-state index contributed by atoms with van der Waals surface area (Å²) in [7, 11) is 0. The molecular formula is C26H31N2OS3+. The Hall–Kier alpha value is -1.47. The highest BCUT2D eigenvalue weighted by Gasteiger charge is 2.44. The number of allylic oxidation sites excluding steroid dienone is 2. The molecule has 5 rings (SSSR count). The van der Waals surface area contributed by atoms with Crippen molar-refractivity contribution < 1.29 is 9.67 Å². The van der Waals surface area contributed by atoms with Crippen LogP contribution in [0, 0.1) is 5.92 Å². The number of thioether (sulfide) groups is 1. The van der Waals surface area contributed by atoms with Gasteiger partial charge in [0.1, 0.15) is 11.2 Å². The summed E-state index contributed by atoms with van der Waals surface area (Å²) in [6, 6.07) is 8.99. The lowest BCUT2D eigenvalue weighted by atomic mass is 9.76. The minimum Gasteiger partial charge on any atom is -0.388 e. The van der Waals surface area contributed by atoms with E-state index in [9.17, 15) is 5.11 Å². The summed E-state index contributed by atoms with van der Waals surface area (Å²) < 4.78 is 3.67. The van der Waals surface area contributed by atoms with E-state index in [2.05, 4.69) is 84.0 Å². The van der Waals surface area contributed by atoms with Crippen LogP contribution in [0.5, 0.6) is 0 Å². The molecule has 1 aliphatic heterocycles. The van der Waals surface area contributed by atoms with Gasteiger partial charge in [-0.15, -0.1) is 0 Å². The lowest BCUT2D eigenvalue weighted by Crippen LogP contribution is -2.45. The fraction of sp³-hybridized carbons (Fsp3) is 0.423. The van der Waals surface area contributed by atoms with E-state index in [1.165, 1.54) is 20.3 Å². The summed E-state index contributed by atoms with van der Waals surface area (Å²) in [5, 5.41) is 14.1. The fourth-order valence-electron chi connectivity index (χ4n) is 4.90. The van der Waals surface area contributed by atoms with Crippen LogP contribution in [0.1, 0.15) is 31.7 Å². The number of para-hydroxylation sites is 1. The molecule has 1 saturated heterocycles. The predicted octanol–water partition coefficient (Wildman–Crippen LogP) is 5.43. The van der Waals surface area contributed by atoms with Crippen LogP contribution in [0.3, 0.4) is 0 Å². The topological polar surface area (TPSA) is 27.3 Å². The highest BCUT2D eigenvalue weighted by atomic mass is 32.2. The molecule has 6 heteroatoms. The Balaban J connectivity index is 1.41. The zero-order valence-corrected chi connectivity index (χ0v) is 21.1. The van der Waals surface area contributed by atoms with Gasteiger partial charge in [-0.05, 0) is 24.1 Å². The number of aromatic nitrogens is 1. The molecule has 168 valence electrons. The zero-order valence-electron chi connectivity index (χ0n) is 18.6. The van der Waals surface area contributed by atoms with Crippen molar-refractivity contribution in [3.05, 3.63) is 70.3 Å². The van der Waals surface area contributed by atoms with Gasteiger partial charge in [0, 0.05) is 36.3 Å². The van der Waals surface area contributed by atoms with E-state index in [-0.39, 0.29) is 11.2 Å². The van der Waals surface area contributed by atoms with Gasteiger partial charge in [-0.25, -0.2) is 0 Å². The van der Waals surface area contributed by atoms with Crippen LogP contribution >= 0.6 is 35.7 Å². The number of fused-ring (bicyclic) bond motifs is 2.